The van der Waals surface area contributed by atoms with E-state index in [-0.39, 0.29) is 29.7 Å². The average molecular weight is 413 g/mol. The third-order valence-electron chi connectivity index (χ3n) is 6.34. The van der Waals surface area contributed by atoms with Crippen LogP contribution in [0.4, 0.5) is 11.8 Å². The molecule has 1 aromatic carbocycles. The van der Waals surface area contributed by atoms with Crippen molar-refractivity contribution in [3.8, 4) is 11.5 Å². The van der Waals surface area contributed by atoms with Crippen LogP contribution in [0.2, 0.25) is 0 Å². The monoisotopic (exact) mass is 413 g/mol. The number of benzene rings is 1. The molecule has 0 radical (unpaired) electrons. The van der Waals surface area contributed by atoms with Gasteiger partial charge in [0.25, 0.3) is 0 Å². The van der Waals surface area contributed by atoms with Gasteiger partial charge in [-0.2, -0.15) is 4.98 Å². The van der Waals surface area contributed by atoms with Crippen LogP contribution in [-0.4, -0.2) is 60.0 Å². The molecule has 2 aliphatic rings. The Morgan fingerprint density at radius 3 is 2.10 bits per heavy atom. The summed E-state index contributed by atoms with van der Waals surface area (Å²) in [5, 5.41) is 0.697. The minimum atomic E-state index is -0.244. The Kier molecular flexibility index (Phi) is 5.13. The molecule has 2 saturated heterocycles. The third-order valence-corrected chi connectivity index (χ3v) is 6.34. The highest BCUT2D eigenvalue weighted by atomic mass is 16.5. The number of rotatable bonds is 4. The molecular formula is C21H27N5O4. The lowest BCUT2D eigenvalue weighted by molar-refractivity contribution is -0.143. The van der Waals surface area contributed by atoms with Gasteiger partial charge in [0.15, 0.2) is 11.5 Å². The molecular weight excluding hydrogens is 386 g/mol. The summed E-state index contributed by atoms with van der Waals surface area (Å²) in [6.07, 6.45) is 1.37. The van der Waals surface area contributed by atoms with Crippen LogP contribution in [0.1, 0.15) is 26.7 Å². The lowest BCUT2D eigenvalue weighted by Crippen LogP contribution is -2.48. The summed E-state index contributed by atoms with van der Waals surface area (Å²) < 4.78 is 10.7. The summed E-state index contributed by atoms with van der Waals surface area (Å²) in [5.74, 6) is 1.44. The molecule has 0 spiro atoms. The molecule has 2 fully saturated rings. The van der Waals surface area contributed by atoms with Gasteiger partial charge in [0, 0.05) is 42.4 Å². The zero-order valence-electron chi connectivity index (χ0n) is 17.7. The standard InChI is InChI=1S/C21H27N5O4/c1-11-12(2)20(28)26(19(11)27)13-5-7-25(8-6-13)21-23-15-10-17(30-4)16(29-3)9-14(15)18(22)24-21/h9-13H,5-8H2,1-4H3,(H2,22,23,24). The van der Waals surface area contributed by atoms with Gasteiger partial charge in [-0.1, -0.05) is 13.8 Å². The van der Waals surface area contributed by atoms with Crippen molar-refractivity contribution in [1.29, 1.82) is 0 Å². The lowest BCUT2D eigenvalue weighted by atomic mass is 10.00. The molecule has 0 aliphatic carbocycles. The number of carbonyl (C=O) groups is 2. The molecule has 2 atom stereocenters. The molecule has 0 bridgehead atoms. The number of carbonyl (C=O) groups excluding carboxylic acids is 2. The number of nitrogens with zero attached hydrogens (tertiary/aromatic N) is 4. The lowest BCUT2D eigenvalue weighted by Gasteiger charge is -2.36. The van der Waals surface area contributed by atoms with E-state index in [0.717, 1.165) is 0 Å². The van der Waals surface area contributed by atoms with Gasteiger partial charge in [-0.3, -0.25) is 14.5 Å². The van der Waals surface area contributed by atoms with Crippen LogP contribution < -0.4 is 20.1 Å². The molecule has 1 aromatic heterocycles. The maximum atomic E-state index is 12.5. The van der Waals surface area contributed by atoms with Gasteiger partial charge in [0.05, 0.1) is 19.7 Å². The molecule has 2 aliphatic heterocycles. The number of nitrogens with two attached hydrogens (primary N) is 1. The number of anilines is 2. The maximum absolute atomic E-state index is 12.5. The van der Waals surface area contributed by atoms with E-state index in [2.05, 4.69) is 9.97 Å². The number of hydrogen-bond acceptors (Lipinski definition) is 8. The van der Waals surface area contributed by atoms with E-state index >= 15 is 0 Å². The number of fused-ring (bicyclic) bond motifs is 1. The summed E-state index contributed by atoms with van der Waals surface area (Å²) in [7, 11) is 3.14. The first-order chi connectivity index (χ1) is 14.3. The fourth-order valence-electron chi connectivity index (χ4n) is 4.27. The van der Waals surface area contributed by atoms with Crippen LogP contribution in [-0.2, 0) is 9.59 Å². The molecule has 0 saturated carbocycles. The highest BCUT2D eigenvalue weighted by Gasteiger charge is 2.46. The van der Waals surface area contributed by atoms with Crippen molar-refractivity contribution < 1.29 is 19.1 Å². The van der Waals surface area contributed by atoms with Crippen LogP contribution >= 0.6 is 0 Å². The zero-order valence-corrected chi connectivity index (χ0v) is 17.7. The van der Waals surface area contributed by atoms with Crippen LogP contribution in [0.5, 0.6) is 11.5 Å². The SMILES string of the molecule is COc1cc2nc(N3CCC(N4C(=O)C(C)C(C)C4=O)CC3)nc(N)c2cc1OC. The number of hydrogen-bond donors (Lipinski definition) is 1. The number of nitrogen functional groups attached to an aromatic ring is 1. The topological polar surface area (TPSA) is 111 Å². The number of amides is 2. The first-order valence-electron chi connectivity index (χ1n) is 10.2. The predicted molar refractivity (Wildman–Crippen MR) is 112 cm³/mol. The Morgan fingerprint density at radius 1 is 0.967 bits per heavy atom. The van der Waals surface area contributed by atoms with E-state index in [1.165, 1.54) is 4.90 Å². The molecule has 9 nitrogen and oxygen atoms in total. The van der Waals surface area contributed by atoms with Gasteiger partial charge in [0.1, 0.15) is 5.82 Å². The smallest absolute Gasteiger partial charge is 0.233 e. The van der Waals surface area contributed by atoms with E-state index in [0.29, 0.717) is 60.1 Å². The first kappa shape index (κ1) is 20.2. The maximum Gasteiger partial charge on any atom is 0.233 e. The van der Waals surface area contributed by atoms with Gasteiger partial charge in [0.2, 0.25) is 17.8 Å². The van der Waals surface area contributed by atoms with Crippen LogP contribution in [0.3, 0.4) is 0 Å². The normalized spacial score (nSPS) is 22.8. The van der Waals surface area contributed by atoms with Crippen LogP contribution in [0.25, 0.3) is 10.9 Å². The second-order valence-corrected chi connectivity index (χ2v) is 7.98. The van der Waals surface area contributed by atoms with Crippen molar-refractivity contribution in [2.24, 2.45) is 11.8 Å². The van der Waals surface area contributed by atoms with Crippen molar-refractivity contribution >= 4 is 34.5 Å². The summed E-state index contributed by atoms with van der Waals surface area (Å²) >= 11 is 0. The summed E-state index contributed by atoms with van der Waals surface area (Å²) in [6, 6.07) is 3.48. The molecule has 2 unspecified atom stereocenters. The minimum absolute atomic E-state index is 0.0572. The molecule has 9 heteroatoms. The second kappa shape index (κ2) is 7.62. The molecule has 30 heavy (non-hydrogen) atoms. The fourth-order valence-corrected chi connectivity index (χ4v) is 4.27. The number of piperidine rings is 1. The van der Waals surface area contributed by atoms with Gasteiger partial charge >= 0.3 is 0 Å². The Morgan fingerprint density at radius 2 is 1.53 bits per heavy atom. The number of likely N-dealkylation sites (tertiary alicyclic amines) is 1. The Labute approximate surface area is 175 Å². The van der Waals surface area contributed by atoms with Crippen molar-refractivity contribution in [2.45, 2.75) is 32.7 Å². The first-order valence-corrected chi connectivity index (χ1v) is 10.2. The second-order valence-electron chi connectivity index (χ2n) is 7.98. The minimum Gasteiger partial charge on any atom is -0.493 e. The summed E-state index contributed by atoms with van der Waals surface area (Å²) in [5.41, 5.74) is 6.87. The number of aromatic nitrogens is 2. The van der Waals surface area contributed by atoms with Gasteiger partial charge in [-0.25, -0.2) is 4.98 Å². The number of ether oxygens (including phenoxy) is 2. The largest absolute Gasteiger partial charge is 0.493 e. The van der Waals surface area contributed by atoms with Crippen molar-refractivity contribution in [1.82, 2.24) is 14.9 Å². The van der Waals surface area contributed by atoms with Gasteiger partial charge in [-0.05, 0) is 18.9 Å². The van der Waals surface area contributed by atoms with E-state index in [1.807, 2.05) is 18.7 Å². The highest BCUT2D eigenvalue weighted by molar-refractivity contribution is 6.05. The number of imide groups is 1. The average Bonchev–Trinajstić information content (AvgIpc) is 2.95. The van der Waals surface area contributed by atoms with E-state index < -0.39 is 0 Å². The predicted octanol–water partition coefficient (Wildman–Crippen LogP) is 1.84. The molecule has 160 valence electrons. The van der Waals surface area contributed by atoms with E-state index in [1.54, 1.807) is 26.4 Å². The summed E-state index contributed by atoms with van der Waals surface area (Å²) in [6.45, 7) is 4.94. The van der Waals surface area contributed by atoms with Gasteiger partial charge in [-0.15, -0.1) is 0 Å². The van der Waals surface area contributed by atoms with Crippen molar-refractivity contribution in [2.75, 3.05) is 37.9 Å². The summed E-state index contributed by atoms with van der Waals surface area (Å²) in [4.78, 5) is 37.7. The molecule has 3 heterocycles. The Bertz CT molecular complexity index is 983. The zero-order chi connectivity index (χ0) is 21.6. The van der Waals surface area contributed by atoms with Crippen LogP contribution in [0.15, 0.2) is 12.1 Å². The molecule has 2 aromatic rings. The van der Waals surface area contributed by atoms with Crippen molar-refractivity contribution in [3.63, 3.8) is 0 Å². The quantitative estimate of drug-likeness (QED) is 0.756. The third kappa shape index (κ3) is 3.18. The molecule has 4 rings (SSSR count). The molecule has 2 amide bonds. The van der Waals surface area contributed by atoms with E-state index in [9.17, 15) is 9.59 Å². The Balaban J connectivity index is 1.55. The van der Waals surface area contributed by atoms with E-state index in [4.69, 9.17) is 15.2 Å². The molecule has 2 N–H and O–H groups in total. The van der Waals surface area contributed by atoms with Crippen molar-refractivity contribution in [3.05, 3.63) is 12.1 Å². The van der Waals surface area contributed by atoms with Crippen LogP contribution in [0, 0.1) is 11.8 Å². The highest BCUT2D eigenvalue weighted by Crippen LogP contribution is 2.35. The Hall–Kier alpha value is -3.10. The fraction of sp³-hybridized carbons (Fsp3) is 0.524. The van der Waals surface area contributed by atoms with Gasteiger partial charge < -0.3 is 20.1 Å². The number of methoxy groups -OCH3 is 2.